The number of alkyl halides is 3. The molecule has 0 aliphatic rings. The lowest BCUT2D eigenvalue weighted by Crippen LogP contribution is -2.58. The van der Waals surface area contributed by atoms with Crippen molar-refractivity contribution in [2.45, 2.75) is 30.7 Å². The highest BCUT2D eigenvalue weighted by Gasteiger charge is 2.36. The number of benzene rings is 1. The van der Waals surface area contributed by atoms with Gasteiger partial charge >= 0.3 is 0 Å². The molecule has 0 bridgehead atoms. The van der Waals surface area contributed by atoms with Crippen LogP contribution >= 0.6 is 47.0 Å². The maximum atomic E-state index is 12.1. The zero-order chi connectivity index (χ0) is 17.0. The molecule has 0 aliphatic heterocycles. The van der Waals surface area contributed by atoms with Crippen molar-refractivity contribution < 1.29 is 4.79 Å². The molecule has 1 rings (SSSR count). The average molecular weight is 383 g/mol. The molecule has 0 aromatic heterocycles. The minimum atomic E-state index is -1.76. The molecule has 0 aliphatic carbocycles. The number of amides is 1. The lowest BCUT2D eigenvalue weighted by Gasteiger charge is -2.30. The maximum absolute atomic E-state index is 12.1. The van der Waals surface area contributed by atoms with E-state index in [2.05, 4.69) is 16.0 Å². The van der Waals surface area contributed by atoms with Gasteiger partial charge in [-0.15, -0.1) is 0 Å². The normalized spacial score (nSPS) is 13.2. The monoisotopic (exact) mass is 381 g/mol. The summed E-state index contributed by atoms with van der Waals surface area (Å²) in [5, 5.41) is 8.62. The fourth-order valence-corrected chi connectivity index (χ4v) is 1.93. The summed E-state index contributed by atoms with van der Waals surface area (Å²) in [7, 11) is 0. The van der Waals surface area contributed by atoms with Gasteiger partial charge in [-0.1, -0.05) is 73.8 Å². The Morgan fingerprint density at radius 1 is 1.09 bits per heavy atom. The first-order valence-corrected chi connectivity index (χ1v) is 8.04. The van der Waals surface area contributed by atoms with Crippen molar-refractivity contribution in [2.75, 3.05) is 5.32 Å². The summed E-state index contributed by atoms with van der Waals surface area (Å²) >= 11 is 22.9. The highest BCUT2D eigenvalue weighted by molar-refractivity contribution is 7.80. The van der Waals surface area contributed by atoms with E-state index in [9.17, 15) is 4.79 Å². The highest BCUT2D eigenvalue weighted by atomic mass is 35.6. The van der Waals surface area contributed by atoms with E-state index in [4.69, 9.17) is 47.0 Å². The molecule has 0 radical (unpaired) electrons. The fourth-order valence-electron chi connectivity index (χ4n) is 1.37. The molecule has 1 amide bonds. The van der Waals surface area contributed by atoms with E-state index in [1.807, 2.05) is 30.3 Å². The number of thiocarbonyl (C=S) groups is 1. The van der Waals surface area contributed by atoms with Gasteiger partial charge in [0.1, 0.15) is 6.17 Å². The third kappa shape index (κ3) is 6.57. The van der Waals surface area contributed by atoms with Gasteiger partial charge in [0.2, 0.25) is 9.70 Å². The van der Waals surface area contributed by atoms with Gasteiger partial charge in [0, 0.05) is 11.1 Å². The van der Waals surface area contributed by atoms with Crippen LogP contribution in [-0.4, -0.2) is 21.0 Å². The highest BCUT2D eigenvalue weighted by Crippen LogP contribution is 2.30. The first kappa shape index (κ1) is 19.3. The Balaban J connectivity index is 2.74. The summed E-state index contributed by atoms with van der Waals surface area (Å²) in [6.45, 7) is 5.29. The summed E-state index contributed by atoms with van der Waals surface area (Å²) in [5.41, 5.74) is 0.162. The van der Waals surface area contributed by atoms with Crippen molar-refractivity contribution in [1.29, 1.82) is 0 Å². The van der Waals surface area contributed by atoms with E-state index in [1.54, 1.807) is 20.8 Å². The number of nitrogens with one attached hydrogen (secondary N) is 3. The molecule has 0 saturated heterocycles. The van der Waals surface area contributed by atoms with Crippen LogP contribution in [0.4, 0.5) is 5.69 Å². The Bertz CT molecular complexity index is 526. The second-order valence-electron chi connectivity index (χ2n) is 5.66. The summed E-state index contributed by atoms with van der Waals surface area (Å²) in [6, 6.07) is 9.28. The predicted octanol–water partition coefficient (Wildman–Crippen LogP) is 3.83. The van der Waals surface area contributed by atoms with E-state index >= 15 is 0 Å². The average Bonchev–Trinajstić information content (AvgIpc) is 2.36. The Morgan fingerprint density at radius 3 is 2.09 bits per heavy atom. The second-order valence-corrected chi connectivity index (χ2v) is 8.44. The molecule has 1 unspecified atom stereocenters. The van der Waals surface area contributed by atoms with Crippen molar-refractivity contribution in [3.8, 4) is 0 Å². The molecule has 4 nitrogen and oxygen atoms in total. The van der Waals surface area contributed by atoms with Gasteiger partial charge in [-0.3, -0.25) is 4.79 Å². The lowest BCUT2D eigenvalue weighted by molar-refractivity contribution is -0.129. The third-order valence-electron chi connectivity index (χ3n) is 2.59. The first-order chi connectivity index (χ1) is 10.00. The van der Waals surface area contributed by atoms with Gasteiger partial charge in [-0.25, -0.2) is 0 Å². The molecule has 0 saturated carbocycles. The number of carbonyl (C=O) groups excluding carboxylic acids is 1. The molecular formula is C14H18Cl3N3OS. The number of hydrogen-bond donors (Lipinski definition) is 3. The number of anilines is 1. The molecule has 3 N–H and O–H groups in total. The molecule has 1 aromatic rings. The van der Waals surface area contributed by atoms with Crippen molar-refractivity contribution in [3.63, 3.8) is 0 Å². The second kappa shape index (κ2) is 7.68. The van der Waals surface area contributed by atoms with Crippen molar-refractivity contribution in [3.05, 3.63) is 30.3 Å². The minimum absolute atomic E-state index is 0.233. The molecule has 122 valence electrons. The Labute approximate surface area is 150 Å². The van der Waals surface area contributed by atoms with Gasteiger partial charge in [-0.05, 0) is 24.4 Å². The lowest BCUT2D eigenvalue weighted by atomic mass is 9.95. The SMILES string of the molecule is CC(C)(C)C(=O)NC(NC(=S)Nc1ccccc1)C(Cl)(Cl)Cl. The van der Waals surface area contributed by atoms with E-state index in [0.717, 1.165) is 5.69 Å². The standard InChI is InChI=1S/C14H18Cl3N3OS/c1-13(2,3)11(21)19-10(14(15,16)17)20-12(22)18-9-7-5-4-6-8-9/h4-8,10H,1-3H3,(H,19,21)(H2,18,20,22). The maximum Gasteiger partial charge on any atom is 0.228 e. The van der Waals surface area contributed by atoms with Gasteiger partial charge in [0.25, 0.3) is 0 Å². The van der Waals surface area contributed by atoms with Crippen LogP contribution in [0, 0.1) is 5.41 Å². The number of para-hydroxylation sites is 1. The first-order valence-electron chi connectivity index (χ1n) is 6.50. The Morgan fingerprint density at radius 2 is 1.64 bits per heavy atom. The van der Waals surface area contributed by atoms with E-state index in [1.165, 1.54) is 0 Å². The molecule has 1 atom stereocenters. The van der Waals surface area contributed by atoms with Crippen LogP contribution in [0.3, 0.4) is 0 Å². The summed E-state index contributed by atoms with van der Waals surface area (Å²) in [5.74, 6) is -0.265. The van der Waals surface area contributed by atoms with Gasteiger partial charge < -0.3 is 16.0 Å². The van der Waals surface area contributed by atoms with Crippen LogP contribution in [-0.2, 0) is 4.79 Å². The summed E-state index contributed by atoms with van der Waals surface area (Å²) in [6.07, 6.45) is -0.965. The van der Waals surface area contributed by atoms with Crippen molar-refractivity contribution in [2.24, 2.45) is 5.41 Å². The van der Waals surface area contributed by atoms with E-state index in [-0.39, 0.29) is 11.0 Å². The quantitative estimate of drug-likeness (QED) is 0.422. The van der Waals surface area contributed by atoms with Crippen LogP contribution in [0.15, 0.2) is 30.3 Å². The van der Waals surface area contributed by atoms with Crippen LogP contribution < -0.4 is 16.0 Å². The van der Waals surface area contributed by atoms with Crippen molar-refractivity contribution >= 4 is 63.7 Å². The zero-order valence-corrected chi connectivity index (χ0v) is 15.5. The van der Waals surface area contributed by atoms with Gasteiger partial charge in [0.05, 0.1) is 0 Å². The van der Waals surface area contributed by atoms with Crippen LogP contribution in [0.2, 0.25) is 0 Å². The topological polar surface area (TPSA) is 53.2 Å². The van der Waals surface area contributed by atoms with E-state index in [0.29, 0.717) is 0 Å². The Kier molecular flexibility index (Phi) is 6.74. The fraction of sp³-hybridized carbons (Fsp3) is 0.429. The van der Waals surface area contributed by atoms with Gasteiger partial charge in [0.15, 0.2) is 5.11 Å². The summed E-state index contributed by atoms with van der Waals surface area (Å²) in [4.78, 5) is 12.1. The number of halogens is 3. The minimum Gasteiger partial charge on any atom is -0.339 e. The number of carbonyl (C=O) groups is 1. The van der Waals surface area contributed by atoms with E-state index < -0.39 is 15.4 Å². The van der Waals surface area contributed by atoms with Crippen LogP contribution in [0.5, 0.6) is 0 Å². The third-order valence-corrected chi connectivity index (χ3v) is 3.47. The molecule has 0 heterocycles. The van der Waals surface area contributed by atoms with Crippen LogP contribution in [0.1, 0.15) is 20.8 Å². The molecule has 22 heavy (non-hydrogen) atoms. The molecule has 0 fully saturated rings. The number of rotatable bonds is 3. The molecular weight excluding hydrogens is 365 g/mol. The zero-order valence-electron chi connectivity index (χ0n) is 12.4. The predicted molar refractivity (Wildman–Crippen MR) is 97.5 cm³/mol. The smallest absolute Gasteiger partial charge is 0.228 e. The van der Waals surface area contributed by atoms with Crippen LogP contribution in [0.25, 0.3) is 0 Å². The van der Waals surface area contributed by atoms with Crippen molar-refractivity contribution in [1.82, 2.24) is 10.6 Å². The van der Waals surface area contributed by atoms with Gasteiger partial charge in [-0.2, -0.15) is 0 Å². The largest absolute Gasteiger partial charge is 0.339 e. The molecule has 0 spiro atoms. The molecule has 1 aromatic carbocycles. The molecule has 8 heteroatoms. The summed E-state index contributed by atoms with van der Waals surface area (Å²) < 4.78 is -1.76. The number of hydrogen-bond acceptors (Lipinski definition) is 2. The Hall–Kier alpha value is -0.750.